The lowest BCUT2D eigenvalue weighted by atomic mass is 10.1. The summed E-state index contributed by atoms with van der Waals surface area (Å²) in [5.74, 6) is -0.133. The number of rotatable bonds is 3. The number of halogens is 1. The number of H-pyrrole nitrogens is 1. The number of benzene rings is 1. The zero-order valence-corrected chi connectivity index (χ0v) is 14.8. The molecule has 26 heavy (non-hydrogen) atoms. The van der Waals surface area contributed by atoms with E-state index in [4.69, 9.17) is 11.6 Å². The van der Waals surface area contributed by atoms with Crippen molar-refractivity contribution >= 4 is 29.2 Å². The van der Waals surface area contributed by atoms with Gasteiger partial charge in [0.15, 0.2) is 0 Å². The molecule has 1 unspecified atom stereocenters. The third-order valence-corrected chi connectivity index (χ3v) is 5.06. The van der Waals surface area contributed by atoms with Crippen molar-refractivity contribution in [2.45, 2.75) is 6.04 Å². The fraction of sp³-hybridized carbons (Fsp3) is 0.353. The highest BCUT2D eigenvalue weighted by atomic mass is 35.5. The van der Waals surface area contributed by atoms with Crippen molar-refractivity contribution in [2.24, 2.45) is 0 Å². The number of carbonyl (C=O) groups is 2. The predicted molar refractivity (Wildman–Crippen MR) is 97.4 cm³/mol. The monoisotopic (exact) mass is 374 g/mol. The van der Waals surface area contributed by atoms with Gasteiger partial charge in [-0.1, -0.05) is 11.6 Å². The second kappa shape index (κ2) is 6.97. The Labute approximate surface area is 155 Å². The molecule has 2 aliphatic heterocycles. The molecular weight excluding hydrogens is 356 g/mol. The fourth-order valence-electron chi connectivity index (χ4n) is 3.34. The van der Waals surface area contributed by atoms with Crippen LogP contribution in [0.1, 0.15) is 22.0 Å². The number of anilines is 1. The molecule has 1 atom stereocenters. The highest BCUT2D eigenvalue weighted by Gasteiger charge is 2.28. The molecule has 1 aromatic heterocycles. The Morgan fingerprint density at radius 2 is 2.15 bits per heavy atom. The first-order valence-corrected chi connectivity index (χ1v) is 8.87. The molecule has 2 aliphatic rings. The Hall–Kier alpha value is -2.58. The van der Waals surface area contributed by atoms with Gasteiger partial charge in [-0.25, -0.2) is 4.79 Å². The molecule has 3 heterocycles. The molecule has 136 valence electrons. The van der Waals surface area contributed by atoms with Crippen LogP contribution in [0.25, 0.3) is 0 Å². The number of hydrogen-bond acceptors (Lipinski definition) is 4. The molecule has 1 aromatic carbocycles. The van der Waals surface area contributed by atoms with Crippen molar-refractivity contribution < 1.29 is 9.59 Å². The Morgan fingerprint density at radius 1 is 1.27 bits per heavy atom. The molecule has 0 aliphatic carbocycles. The molecule has 8 nitrogen and oxygen atoms in total. The van der Waals surface area contributed by atoms with E-state index >= 15 is 0 Å². The Bertz CT molecular complexity index is 825. The minimum Gasteiger partial charge on any atom is -0.336 e. The molecule has 0 radical (unpaired) electrons. The standard InChI is InChI=1S/C17H19ClN6O2/c18-14-2-1-12(24-6-4-20-17(24)26)7-13(14)16(25)23-5-3-19-15(10-23)11-8-21-22-9-11/h1-2,7-9,15,19H,3-6,10H2,(H,20,26)(H,21,22). The van der Waals surface area contributed by atoms with Crippen molar-refractivity contribution in [2.75, 3.05) is 37.6 Å². The van der Waals surface area contributed by atoms with E-state index in [1.807, 2.05) is 6.20 Å². The molecule has 0 bridgehead atoms. The van der Waals surface area contributed by atoms with Gasteiger partial charge < -0.3 is 15.5 Å². The number of urea groups is 1. The highest BCUT2D eigenvalue weighted by Crippen LogP contribution is 2.27. The number of aromatic nitrogens is 2. The first-order valence-electron chi connectivity index (χ1n) is 8.50. The number of carbonyl (C=O) groups excluding carboxylic acids is 2. The number of hydrogen-bond donors (Lipinski definition) is 3. The third kappa shape index (κ3) is 3.13. The zero-order valence-electron chi connectivity index (χ0n) is 14.0. The maximum Gasteiger partial charge on any atom is 0.321 e. The lowest BCUT2D eigenvalue weighted by Gasteiger charge is -2.33. The first-order chi connectivity index (χ1) is 12.6. The van der Waals surface area contributed by atoms with E-state index in [2.05, 4.69) is 20.8 Å². The van der Waals surface area contributed by atoms with E-state index in [0.717, 1.165) is 5.56 Å². The van der Waals surface area contributed by atoms with Gasteiger partial charge in [0.1, 0.15) is 0 Å². The summed E-state index contributed by atoms with van der Waals surface area (Å²) < 4.78 is 0. The van der Waals surface area contributed by atoms with Gasteiger partial charge in [0.25, 0.3) is 5.91 Å². The summed E-state index contributed by atoms with van der Waals surface area (Å²) in [5, 5.41) is 13.3. The minimum atomic E-state index is -0.159. The van der Waals surface area contributed by atoms with Gasteiger partial charge in [-0.05, 0) is 18.2 Å². The largest absolute Gasteiger partial charge is 0.336 e. The molecule has 9 heteroatoms. The van der Waals surface area contributed by atoms with Crippen LogP contribution in [0.15, 0.2) is 30.6 Å². The Morgan fingerprint density at radius 3 is 2.88 bits per heavy atom. The predicted octanol–water partition coefficient (Wildman–Crippen LogP) is 1.38. The van der Waals surface area contributed by atoms with E-state index in [0.29, 0.717) is 49.0 Å². The van der Waals surface area contributed by atoms with Gasteiger partial charge in [-0.3, -0.25) is 14.8 Å². The molecule has 3 amide bonds. The second-order valence-electron chi connectivity index (χ2n) is 6.34. The van der Waals surface area contributed by atoms with Crippen LogP contribution in [0.3, 0.4) is 0 Å². The Kier molecular flexibility index (Phi) is 4.52. The topological polar surface area (TPSA) is 93.4 Å². The average molecular weight is 375 g/mol. The van der Waals surface area contributed by atoms with Gasteiger partial charge in [0.2, 0.25) is 0 Å². The summed E-state index contributed by atoms with van der Waals surface area (Å²) in [6.07, 6.45) is 3.58. The minimum absolute atomic E-state index is 0.0257. The normalized spacial score (nSPS) is 20.3. The second-order valence-corrected chi connectivity index (χ2v) is 6.74. The average Bonchev–Trinajstić information content (AvgIpc) is 3.34. The maximum absolute atomic E-state index is 13.1. The summed E-state index contributed by atoms with van der Waals surface area (Å²) in [7, 11) is 0. The maximum atomic E-state index is 13.1. The summed E-state index contributed by atoms with van der Waals surface area (Å²) in [6, 6.07) is 5.00. The number of nitrogens with one attached hydrogen (secondary N) is 3. The molecule has 2 aromatic rings. The van der Waals surface area contributed by atoms with Crippen molar-refractivity contribution in [3.05, 3.63) is 46.7 Å². The van der Waals surface area contributed by atoms with Gasteiger partial charge in [-0.15, -0.1) is 0 Å². The smallest absolute Gasteiger partial charge is 0.321 e. The number of nitrogens with zero attached hydrogens (tertiary/aromatic N) is 3. The van der Waals surface area contributed by atoms with Crippen LogP contribution in [-0.4, -0.2) is 59.8 Å². The lowest BCUT2D eigenvalue weighted by molar-refractivity contribution is 0.0703. The molecule has 2 saturated heterocycles. The zero-order chi connectivity index (χ0) is 18.1. The van der Waals surface area contributed by atoms with Crippen LogP contribution in [-0.2, 0) is 0 Å². The number of amides is 3. The lowest BCUT2D eigenvalue weighted by Crippen LogP contribution is -2.48. The number of piperazine rings is 1. The number of aromatic amines is 1. The Balaban J connectivity index is 1.56. The molecule has 3 N–H and O–H groups in total. The van der Waals surface area contributed by atoms with Gasteiger partial charge in [-0.2, -0.15) is 5.10 Å². The van der Waals surface area contributed by atoms with Crippen LogP contribution in [0.2, 0.25) is 5.02 Å². The van der Waals surface area contributed by atoms with E-state index in [-0.39, 0.29) is 18.0 Å². The SMILES string of the molecule is O=C(c1cc(N2CCNC2=O)ccc1Cl)N1CCNC(c2cn[nH]c2)C1. The molecule has 0 spiro atoms. The van der Waals surface area contributed by atoms with Crippen molar-refractivity contribution in [1.82, 2.24) is 25.7 Å². The van der Waals surface area contributed by atoms with Crippen molar-refractivity contribution in [3.63, 3.8) is 0 Å². The summed E-state index contributed by atoms with van der Waals surface area (Å²) in [6.45, 7) is 2.98. The van der Waals surface area contributed by atoms with Gasteiger partial charge >= 0.3 is 6.03 Å². The molecule has 4 rings (SSSR count). The third-order valence-electron chi connectivity index (χ3n) is 4.73. The molecular formula is C17H19ClN6O2. The fourth-order valence-corrected chi connectivity index (χ4v) is 3.54. The van der Waals surface area contributed by atoms with Crippen LogP contribution < -0.4 is 15.5 Å². The first kappa shape index (κ1) is 16.9. The van der Waals surface area contributed by atoms with E-state index in [1.54, 1.807) is 34.2 Å². The van der Waals surface area contributed by atoms with Crippen molar-refractivity contribution in [3.8, 4) is 0 Å². The van der Waals surface area contributed by atoms with Gasteiger partial charge in [0, 0.05) is 50.2 Å². The van der Waals surface area contributed by atoms with E-state index in [1.165, 1.54) is 0 Å². The van der Waals surface area contributed by atoms with Crippen LogP contribution in [0.5, 0.6) is 0 Å². The van der Waals surface area contributed by atoms with E-state index < -0.39 is 0 Å². The molecule has 2 fully saturated rings. The quantitative estimate of drug-likeness (QED) is 0.756. The highest BCUT2D eigenvalue weighted by molar-refractivity contribution is 6.34. The van der Waals surface area contributed by atoms with Crippen LogP contribution in [0.4, 0.5) is 10.5 Å². The van der Waals surface area contributed by atoms with Gasteiger partial charge in [0.05, 0.1) is 22.8 Å². The summed E-state index contributed by atoms with van der Waals surface area (Å²) in [5.41, 5.74) is 2.10. The molecule has 0 saturated carbocycles. The van der Waals surface area contributed by atoms with Crippen molar-refractivity contribution in [1.29, 1.82) is 0 Å². The summed E-state index contributed by atoms with van der Waals surface area (Å²) >= 11 is 6.29. The van der Waals surface area contributed by atoms with Crippen LogP contribution in [0, 0.1) is 0 Å². The summed E-state index contributed by atoms with van der Waals surface area (Å²) in [4.78, 5) is 28.3. The van der Waals surface area contributed by atoms with Crippen LogP contribution >= 0.6 is 11.6 Å². The van der Waals surface area contributed by atoms with E-state index in [9.17, 15) is 9.59 Å².